The van der Waals surface area contributed by atoms with Gasteiger partial charge in [0.15, 0.2) is 0 Å². The van der Waals surface area contributed by atoms with Gasteiger partial charge in [-0.25, -0.2) is 8.93 Å². The molecule has 4 heteroatoms. The maximum absolute atomic E-state index is 12.5. The Kier molecular flexibility index (Phi) is 8.13. The summed E-state index contributed by atoms with van der Waals surface area (Å²) < 4.78 is 15.4. The molecule has 0 aromatic heterocycles. The summed E-state index contributed by atoms with van der Waals surface area (Å²) in [4.78, 5) is 12.5. The fraction of sp³-hybridized carbons (Fsp3) is 0.632. The number of hydrogen-bond acceptors (Lipinski definition) is 2. The van der Waals surface area contributed by atoms with Crippen LogP contribution in [-0.4, -0.2) is 14.7 Å². The predicted octanol–water partition coefficient (Wildman–Crippen LogP) is 4.57. The van der Waals surface area contributed by atoms with Gasteiger partial charge >= 0.3 is 0 Å². The number of Topliss-reactive ketones (excluding diaryl/α,β-unsaturated/α-hetero) is 1. The summed E-state index contributed by atoms with van der Waals surface area (Å²) in [6, 6.07) is 9.64. The third kappa shape index (κ3) is 6.56. The summed E-state index contributed by atoms with van der Waals surface area (Å²) in [7, 11) is -1.21. The van der Waals surface area contributed by atoms with E-state index in [4.69, 9.17) is 0 Å². The fourth-order valence-corrected chi connectivity index (χ4v) is 3.30. The van der Waals surface area contributed by atoms with Crippen molar-refractivity contribution in [1.29, 1.82) is 0 Å². The molecule has 0 spiro atoms. The van der Waals surface area contributed by atoms with Crippen LogP contribution in [0.4, 0.5) is 0 Å². The van der Waals surface area contributed by atoms with Gasteiger partial charge in [0.25, 0.3) is 0 Å². The van der Waals surface area contributed by atoms with Crippen LogP contribution < -0.4 is 4.72 Å². The highest BCUT2D eigenvalue weighted by atomic mass is 32.2. The second-order valence-electron chi connectivity index (χ2n) is 7.10. The lowest BCUT2D eigenvalue weighted by molar-refractivity contribution is -0.123. The topological polar surface area (TPSA) is 46.2 Å². The molecule has 0 saturated carbocycles. The zero-order valence-corrected chi connectivity index (χ0v) is 15.9. The summed E-state index contributed by atoms with van der Waals surface area (Å²) in [5.74, 6) is 0.0475. The smallest absolute Gasteiger partial charge is 0.137 e. The molecule has 23 heavy (non-hydrogen) atoms. The largest absolute Gasteiger partial charge is 0.299 e. The highest BCUT2D eigenvalue weighted by Gasteiger charge is 2.29. The number of rotatable bonds is 9. The number of carbonyl (C=O) groups is 1. The standard InChI is InChI=1S/C19H31NO2S/c1-6-7-9-14-17(21)15(2)18(16-12-10-8-11-13-16)20-23(22)19(3,4)5/h8,10-13,15,18,20H,6-7,9,14H2,1-5H3/t15-,18-,23+/m1/s1. The van der Waals surface area contributed by atoms with E-state index < -0.39 is 11.0 Å². The molecule has 0 aliphatic heterocycles. The summed E-state index contributed by atoms with van der Waals surface area (Å²) >= 11 is 0. The van der Waals surface area contributed by atoms with Gasteiger partial charge in [-0.3, -0.25) is 4.79 Å². The average Bonchev–Trinajstić information content (AvgIpc) is 2.51. The Hall–Kier alpha value is -1.00. The molecule has 1 aromatic rings. The first-order valence-electron chi connectivity index (χ1n) is 8.53. The maximum Gasteiger partial charge on any atom is 0.137 e. The Bertz CT molecular complexity index is 508. The molecule has 0 saturated heterocycles. The molecule has 1 aromatic carbocycles. The molecule has 0 unspecified atom stereocenters. The minimum Gasteiger partial charge on any atom is -0.299 e. The van der Waals surface area contributed by atoms with Crippen LogP contribution in [0, 0.1) is 5.92 Å². The highest BCUT2D eigenvalue weighted by molar-refractivity contribution is 7.84. The van der Waals surface area contributed by atoms with Crippen LogP contribution in [0.15, 0.2) is 30.3 Å². The van der Waals surface area contributed by atoms with Gasteiger partial charge in [0, 0.05) is 12.3 Å². The minimum atomic E-state index is -1.21. The van der Waals surface area contributed by atoms with Gasteiger partial charge in [-0.15, -0.1) is 0 Å². The van der Waals surface area contributed by atoms with E-state index in [-0.39, 0.29) is 22.5 Å². The third-order valence-corrected chi connectivity index (χ3v) is 5.56. The number of hydrogen-bond donors (Lipinski definition) is 1. The number of carbonyl (C=O) groups excluding carboxylic acids is 1. The molecule has 0 bridgehead atoms. The van der Waals surface area contributed by atoms with Crippen molar-refractivity contribution in [3.05, 3.63) is 35.9 Å². The van der Waals surface area contributed by atoms with Crippen LogP contribution in [0.3, 0.4) is 0 Å². The van der Waals surface area contributed by atoms with E-state index in [9.17, 15) is 9.00 Å². The quantitative estimate of drug-likeness (QED) is 0.671. The van der Waals surface area contributed by atoms with Crippen LogP contribution in [0.25, 0.3) is 0 Å². The van der Waals surface area contributed by atoms with Crippen molar-refractivity contribution in [2.75, 3.05) is 0 Å². The van der Waals surface area contributed by atoms with Gasteiger partial charge in [0.1, 0.15) is 5.78 Å². The number of ketones is 1. The van der Waals surface area contributed by atoms with Crippen molar-refractivity contribution in [2.45, 2.75) is 71.1 Å². The number of nitrogens with one attached hydrogen (secondary N) is 1. The lowest BCUT2D eigenvalue weighted by Gasteiger charge is -2.28. The number of benzene rings is 1. The minimum absolute atomic E-state index is 0.194. The molecule has 1 N–H and O–H groups in total. The van der Waals surface area contributed by atoms with Crippen molar-refractivity contribution in [2.24, 2.45) is 5.92 Å². The SMILES string of the molecule is CCCCCC(=O)[C@@H](C)[C@@H](N[S@@](=O)C(C)(C)C)c1ccccc1. The van der Waals surface area contributed by atoms with Crippen molar-refractivity contribution >= 4 is 16.8 Å². The van der Waals surface area contributed by atoms with E-state index in [0.29, 0.717) is 6.42 Å². The van der Waals surface area contributed by atoms with Crippen LogP contribution in [0.1, 0.15) is 71.9 Å². The van der Waals surface area contributed by atoms with Gasteiger partial charge in [-0.2, -0.15) is 0 Å². The van der Waals surface area contributed by atoms with Crippen LogP contribution >= 0.6 is 0 Å². The molecule has 0 amide bonds. The van der Waals surface area contributed by atoms with E-state index in [2.05, 4.69) is 11.6 Å². The molecule has 3 atom stereocenters. The molecular weight excluding hydrogens is 306 g/mol. The number of unbranched alkanes of at least 4 members (excludes halogenated alkanes) is 2. The summed E-state index contributed by atoms with van der Waals surface area (Å²) in [6.07, 6.45) is 3.72. The first kappa shape index (κ1) is 20.0. The lowest BCUT2D eigenvalue weighted by atomic mass is 9.89. The van der Waals surface area contributed by atoms with Gasteiger partial charge in [-0.05, 0) is 32.8 Å². The second-order valence-corrected chi connectivity index (χ2v) is 9.10. The first-order valence-corrected chi connectivity index (χ1v) is 9.68. The summed E-state index contributed by atoms with van der Waals surface area (Å²) in [5, 5.41) is 0. The zero-order valence-electron chi connectivity index (χ0n) is 15.1. The molecule has 0 aliphatic carbocycles. The van der Waals surface area contributed by atoms with E-state index in [1.54, 1.807) is 0 Å². The Morgan fingerprint density at radius 2 is 1.78 bits per heavy atom. The normalized spacial score (nSPS) is 15.9. The second kappa shape index (κ2) is 9.33. The highest BCUT2D eigenvalue weighted by Crippen LogP contribution is 2.26. The Balaban J connectivity index is 2.91. The monoisotopic (exact) mass is 337 g/mol. The third-order valence-electron chi connectivity index (χ3n) is 3.98. The van der Waals surface area contributed by atoms with E-state index >= 15 is 0 Å². The predicted molar refractivity (Wildman–Crippen MR) is 98.5 cm³/mol. The van der Waals surface area contributed by atoms with Crippen molar-refractivity contribution in [1.82, 2.24) is 4.72 Å². The van der Waals surface area contributed by atoms with Gasteiger partial charge < -0.3 is 0 Å². The lowest BCUT2D eigenvalue weighted by Crippen LogP contribution is -2.39. The Morgan fingerprint density at radius 3 is 2.30 bits per heavy atom. The molecule has 0 radical (unpaired) electrons. The van der Waals surface area contributed by atoms with E-state index in [1.807, 2.05) is 58.0 Å². The van der Waals surface area contributed by atoms with Gasteiger partial charge in [-0.1, -0.05) is 57.0 Å². The van der Waals surface area contributed by atoms with E-state index in [0.717, 1.165) is 24.8 Å². The molecule has 3 nitrogen and oxygen atoms in total. The molecule has 130 valence electrons. The first-order chi connectivity index (χ1) is 10.8. The van der Waals surface area contributed by atoms with Crippen LogP contribution in [0.2, 0.25) is 0 Å². The fourth-order valence-electron chi connectivity index (χ4n) is 2.37. The van der Waals surface area contributed by atoms with Gasteiger partial charge in [0.2, 0.25) is 0 Å². The van der Waals surface area contributed by atoms with Crippen molar-refractivity contribution in [3.8, 4) is 0 Å². The molecule has 0 fully saturated rings. The van der Waals surface area contributed by atoms with Crippen LogP contribution in [-0.2, 0) is 15.8 Å². The van der Waals surface area contributed by atoms with Crippen LogP contribution in [0.5, 0.6) is 0 Å². The zero-order chi connectivity index (χ0) is 17.5. The Labute approximate surface area is 143 Å². The summed E-state index contributed by atoms with van der Waals surface area (Å²) in [6.45, 7) is 9.89. The molecular formula is C19H31NO2S. The van der Waals surface area contributed by atoms with Crippen molar-refractivity contribution in [3.63, 3.8) is 0 Å². The van der Waals surface area contributed by atoms with E-state index in [1.165, 1.54) is 0 Å². The summed E-state index contributed by atoms with van der Waals surface area (Å²) in [5.41, 5.74) is 1.02. The Morgan fingerprint density at radius 1 is 1.17 bits per heavy atom. The maximum atomic E-state index is 12.5. The molecule has 0 heterocycles. The average molecular weight is 338 g/mol. The van der Waals surface area contributed by atoms with Crippen molar-refractivity contribution < 1.29 is 9.00 Å². The molecule has 1 rings (SSSR count). The molecule has 0 aliphatic rings. The van der Waals surface area contributed by atoms with Gasteiger partial charge in [0.05, 0.1) is 21.8 Å².